The molecule has 2 atom stereocenters. The van der Waals surface area contributed by atoms with Crippen LogP contribution < -0.4 is 10.1 Å². The van der Waals surface area contributed by atoms with Crippen molar-refractivity contribution in [2.45, 2.75) is 38.6 Å². The van der Waals surface area contributed by atoms with Crippen LogP contribution in [0, 0.1) is 0 Å². The van der Waals surface area contributed by atoms with Gasteiger partial charge < -0.3 is 23.8 Å². The number of rotatable bonds is 7. The van der Waals surface area contributed by atoms with E-state index in [9.17, 15) is 0 Å². The van der Waals surface area contributed by atoms with Crippen molar-refractivity contribution in [3.8, 4) is 11.7 Å². The van der Waals surface area contributed by atoms with Crippen molar-refractivity contribution in [3.05, 3.63) is 66.4 Å². The fourth-order valence-corrected chi connectivity index (χ4v) is 3.24. The Hall–Kier alpha value is -2.57. The molecular weight excluding hydrogens is 330 g/mol. The van der Waals surface area contributed by atoms with Gasteiger partial charge in [0, 0.05) is 37.7 Å². The number of ether oxygens (including phenoxy) is 2. The predicted octanol–water partition coefficient (Wildman–Crippen LogP) is 3.91. The number of benzene rings is 1. The Balaban J connectivity index is 1.36. The summed E-state index contributed by atoms with van der Waals surface area (Å²) in [6.07, 6.45) is 4.75. The first-order chi connectivity index (χ1) is 12.8. The minimum atomic E-state index is -0.0278. The Morgan fingerprint density at radius 3 is 2.96 bits per heavy atom. The van der Waals surface area contributed by atoms with E-state index >= 15 is 0 Å². The van der Waals surface area contributed by atoms with Gasteiger partial charge in [-0.1, -0.05) is 18.2 Å². The number of aromatic nitrogens is 2. The van der Waals surface area contributed by atoms with Crippen LogP contribution in [0.3, 0.4) is 0 Å². The van der Waals surface area contributed by atoms with E-state index in [0.29, 0.717) is 12.5 Å². The van der Waals surface area contributed by atoms with Gasteiger partial charge in [-0.15, -0.1) is 0 Å². The molecule has 1 N–H and O–H groups in total. The summed E-state index contributed by atoms with van der Waals surface area (Å²) in [5.41, 5.74) is 0. The van der Waals surface area contributed by atoms with Crippen LogP contribution in [0.2, 0.25) is 0 Å². The number of hydrogen-bond donors (Lipinski definition) is 1. The topological polar surface area (TPSA) is 61.5 Å². The molecule has 3 aromatic rings. The van der Waals surface area contributed by atoms with E-state index in [1.54, 1.807) is 0 Å². The van der Waals surface area contributed by atoms with E-state index in [1.807, 2.05) is 54.9 Å². The van der Waals surface area contributed by atoms with E-state index in [0.717, 1.165) is 36.9 Å². The van der Waals surface area contributed by atoms with Gasteiger partial charge in [0.2, 0.25) is 0 Å². The van der Waals surface area contributed by atoms with Crippen LogP contribution >= 0.6 is 0 Å². The SMILES string of the molecule is CCn1ccnc1[C@H]1OCC[C@@H]1NCc1ccc(Oc2ccccc2)o1. The molecule has 1 saturated heterocycles. The quantitative estimate of drug-likeness (QED) is 0.698. The molecule has 2 aromatic heterocycles. The Morgan fingerprint density at radius 2 is 2.12 bits per heavy atom. The minimum Gasteiger partial charge on any atom is -0.429 e. The number of aryl methyl sites for hydroxylation is 1. The molecule has 1 aliphatic rings. The third-order valence-corrected chi connectivity index (χ3v) is 4.57. The molecule has 1 aromatic carbocycles. The molecule has 1 fully saturated rings. The third-order valence-electron chi connectivity index (χ3n) is 4.57. The van der Waals surface area contributed by atoms with Crippen LogP contribution in [0.4, 0.5) is 0 Å². The van der Waals surface area contributed by atoms with Gasteiger partial charge in [0.25, 0.3) is 5.95 Å². The van der Waals surface area contributed by atoms with E-state index in [1.165, 1.54) is 0 Å². The number of imidazole rings is 1. The molecule has 0 amide bonds. The molecule has 0 radical (unpaired) electrons. The first kappa shape index (κ1) is 16.9. The number of nitrogens with one attached hydrogen (secondary N) is 1. The molecule has 136 valence electrons. The lowest BCUT2D eigenvalue weighted by Crippen LogP contribution is -2.32. The van der Waals surface area contributed by atoms with Gasteiger partial charge in [-0.05, 0) is 31.5 Å². The van der Waals surface area contributed by atoms with Gasteiger partial charge in [-0.25, -0.2) is 4.98 Å². The standard InChI is InChI=1S/C20H23N3O3/c1-2-23-12-11-21-20(23)19-17(10-13-24-19)22-14-16-8-9-18(26-16)25-15-6-4-3-5-7-15/h3-9,11-12,17,19,22H,2,10,13-14H2,1H3/t17-,19-/m0/s1. The van der Waals surface area contributed by atoms with Crippen molar-refractivity contribution in [3.63, 3.8) is 0 Å². The predicted molar refractivity (Wildman–Crippen MR) is 97.1 cm³/mol. The zero-order valence-electron chi connectivity index (χ0n) is 14.8. The molecule has 0 saturated carbocycles. The first-order valence-electron chi connectivity index (χ1n) is 9.01. The molecular formula is C20H23N3O3. The molecule has 0 aliphatic carbocycles. The minimum absolute atomic E-state index is 0.0278. The second-order valence-electron chi connectivity index (χ2n) is 6.27. The van der Waals surface area contributed by atoms with Gasteiger partial charge in [0.1, 0.15) is 23.4 Å². The van der Waals surface area contributed by atoms with Crippen LogP contribution in [0.15, 0.2) is 59.3 Å². The van der Waals surface area contributed by atoms with Crippen LogP contribution in [0.5, 0.6) is 11.7 Å². The molecule has 4 rings (SSSR count). The molecule has 3 heterocycles. The number of nitrogens with zero attached hydrogens (tertiary/aromatic N) is 2. The Kier molecular flexibility index (Phi) is 5.04. The van der Waals surface area contributed by atoms with Crippen molar-refractivity contribution in [2.24, 2.45) is 0 Å². The summed E-state index contributed by atoms with van der Waals surface area (Å²) in [6, 6.07) is 13.6. The second-order valence-corrected chi connectivity index (χ2v) is 6.27. The number of para-hydroxylation sites is 1. The molecule has 26 heavy (non-hydrogen) atoms. The molecule has 6 nitrogen and oxygen atoms in total. The fourth-order valence-electron chi connectivity index (χ4n) is 3.24. The van der Waals surface area contributed by atoms with Crippen LogP contribution in [0.1, 0.15) is 31.0 Å². The zero-order valence-corrected chi connectivity index (χ0v) is 14.8. The van der Waals surface area contributed by atoms with Gasteiger partial charge >= 0.3 is 0 Å². The smallest absolute Gasteiger partial charge is 0.290 e. The number of furan rings is 1. The maximum Gasteiger partial charge on any atom is 0.290 e. The molecule has 1 aliphatic heterocycles. The lowest BCUT2D eigenvalue weighted by atomic mass is 10.1. The monoisotopic (exact) mass is 353 g/mol. The average Bonchev–Trinajstić information content (AvgIpc) is 3.40. The number of hydrogen-bond acceptors (Lipinski definition) is 5. The van der Waals surface area contributed by atoms with Gasteiger partial charge in [-0.3, -0.25) is 0 Å². The maximum atomic E-state index is 5.92. The normalized spacial score (nSPS) is 19.7. The Morgan fingerprint density at radius 1 is 1.23 bits per heavy atom. The van der Waals surface area contributed by atoms with E-state index in [4.69, 9.17) is 13.9 Å². The van der Waals surface area contributed by atoms with Gasteiger partial charge in [-0.2, -0.15) is 0 Å². The van der Waals surface area contributed by atoms with Crippen molar-refractivity contribution < 1.29 is 13.9 Å². The highest BCUT2D eigenvalue weighted by Gasteiger charge is 2.32. The first-order valence-corrected chi connectivity index (χ1v) is 9.01. The summed E-state index contributed by atoms with van der Waals surface area (Å²) in [6.45, 7) is 4.36. The summed E-state index contributed by atoms with van der Waals surface area (Å²) < 4.78 is 19.5. The Bertz CT molecular complexity index is 828. The van der Waals surface area contributed by atoms with E-state index < -0.39 is 0 Å². The maximum absolute atomic E-state index is 5.92. The lowest BCUT2D eigenvalue weighted by molar-refractivity contribution is 0.0882. The molecule has 0 bridgehead atoms. The van der Waals surface area contributed by atoms with Crippen LogP contribution in [0.25, 0.3) is 0 Å². The highest BCUT2D eigenvalue weighted by Crippen LogP contribution is 2.29. The van der Waals surface area contributed by atoms with E-state index in [-0.39, 0.29) is 12.1 Å². The lowest BCUT2D eigenvalue weighted by Gasteiger charge is -2.19. The van der Waals surface area contributed by atoms with Crippen molar-refractivity contribution in [1.82, 2.24) is 14.9 Å². The van der Waals surface area contributed by atoms with Crippen LogP contribution in [-0.2, 0) is 17.8 Å². The summed E-state index contributed by atoms with van der Waals surface area (Å²) in [7, 11) is 0. The van der Waals surface area contributed by atoms with Crippen molar-refractivity contribution in [1.29, 1.82) is 0 Å². The van der Waals surface area contributed by atoms with Crippen LogP contribution in [-0.4, -0.2) is 22.2 Å². The average molecular weight is 353 g/mol. The fraction of sp³-hybridized carbons (Fsp3) is 0.350. The highest BCUT2D eigenvalue weighted by atomic mass is 16.6. The highest BCUT2D eigenvalue weighted by molar-refractivity contribution is 5.26. The second kappa shape index (κ2) is 7.76. The Labute approximate surface area is 152 Å². The molecule has 6 heteroatoms. The van der Waals surface area contributed by atoms with Crippen molar-refractivity contribution in [2.75, 3.05) is 6.61 Å². The summed E-state index contributed by atoms with van der Waals surface area (Å²) in [5, 5.41) is 3.54. The summed E-state index contributed by atoms with van der Waals surface area (Å²) in [5.74, 6) is 3.07. The van der Waals surface area contributed by atoms with Gasteiger partial charge in [0.15, 0.2) is 0 Å². The van der Waals surface area contributed by atoms with Gasteiger partial charge in [0.05, 0.1) is 6.54 Å². The summed E-state index contributed by atoms with van der Waals surface area (Å²) in [4.78, 5) is 4.48. The van der Waals surface area contributed by atoms with E-state index in [2.05, 4.69) is 21.8 Å². The third kappa shape index (κ3) is 3.66. The molecule has 0 unspecified atom stereocenters. The zero-order chi connectivity index (χ0) is 17.8. The van der Waals surface area contributed by atoms with Crippen molar-refractivity contribution >= 4 is 0 Å². The molecule has 0 spiro atoms. The summed E-state index contributed by atoms with van der Waals surface area (Å²) >= 11 is 0. The largest absolute Gasteiger partial charge is 0.429 e.